The second-order valence-electron chi connectivity index (χ2n) is 6.61. The second-order valence-corrected chi connectivity index (χ2v) is 6.61. The van der Waals surface area contributed by atoms with E-state index in [1.165, 1.54) is 18.4 Å². The molecule has 1 saturated carbocycles. The standard InChI is InChI=1S/C20H27N3O2/c1-14-18(9-10-20(22-14)23-16-5-6-16)19(24)13-21-12-11-15-3-7-17(25-2)8-4-15/h3-4,7-10,16,19,21,24H,5-6,11-13H2,1-2H3,(H,22,23)/t19-/m0/s1. The van der Waals surface area contributed by atoms with Gasteiger partial charge in [-0.25, -0.2) is 4.98 Å². The lowest BCUT2D eigenvalue weighted by atomic mass is 10.1. The van der Waals surface area contributed by atoms with Crippen molar-refractivity contribution >= 4 is 5.82 Å². The van der Waals surface area contributed by atoms with Crippen molar-refractivity contribution in [1.82, 2.24) is 10.3 Å². The maximum atomic E-state index is 10.4. The van der Waals surface area contributed by atoms with E-state index in [0.29, 0.717) is 12.6 Å². The summed E-state index contributed by atoms with van der Waals surface area (Å²) in [6.07, 6.45) is 2.82. The van der Waals surface area contributed by atoms with Crippen LogP contribution in [-0.4, -0.2) is 36.3 Å². The second kappa shape index (κ2) is 8.32. The van der Waals surface area contributed by atoms with Crippen LogP contribution >= 0.6 is 0 Å². The van der Waals surface area contributed by atoms with Crippen LogP contribution < -0.4 is 15.4 Å². The minimum atomic E-state index is -0.543. The Hall–Kier alpha value is -2.11. The highest BCUT2D eigenvalue weighted by molar-refractivity contribution is 5.41. The number of rotatable bonds is 9. The molecule has 5 heteroatoms. The van der Waals surface area contributed by atoms with E-state index >= 15 is 0 Å². The van der Waals surface area contributed by atoms with Gasteiger partial charge in [-0.1, -0.05) is 18.2 Å². The number of nitrogens with zero attached hydrogens (tertiary/aromatic N) is 1. The molecule has 25 heavy (non-hydrogen) atoms. The van der Waals surface area contributed by atoms with Gasteiger partial charge in [-0.3, -0.25) is 0 Å². The van der Waals surface area contributed by atoms with Gasteiger partial charge in [0.2, 0.25) is 0 Å². The smallest absolute Gasteiger partial charge is 0.126 e. The predicted molar refractivity (Wildman–Crippen MR) is 100 cm³/mol. The van der Waals surface area contributed by atoms with Gasteiger partial charge in [-0.15, -0.1) is 0 Å². The van der Waals surface area contributed by atoms with Crippen LogP contribution in [0.1, 0.15) is 35.8 Å². The molecule has 1 aromatic heterocycles. The Bertz CT molecular complexity index is 684. The van der Waals surface area contributed by atoms with Crippen molar-refractivity contribution in [2.24, 2.45) is 0 Å². The van der Waals surface area contributed by atoms with Gasteiger partial charge in [0.25, 0.3) is 0 Å². The maximum Gasteiger partial charge on any atom is 0.126 e. The molecular formula is C20H27N3O2. The fraction of sp³-hybridized carbons (Fsp3) is 0.450. The molecule has 0 saturated heterocycles. The van der Waals surface area contributed by atoms with Crippen LogP contribution in [0.4, 0.5) is 5.82 Å². The molecule has 134 valence electrons. The molecule has 1 fully saturated rings. The van der Waals surface area contributed by atoms with Gasteiger partial charge in [0.1, 0.15) is 11.6 Å². The number of hydrogen-bond donors (Lipinski definition) is 3. The van der Waals surface area contributed by atoms with Crippen molar-refractivity contribution in [3.63, 3.8) is 0 Å². The number of methoxy groups -OCH3 is 1. The van der Waals surface area contributed by atoms with Gasteiger partial charge >= 0.3 is 0 Å². The molecule has 0 radical (unpaired) electrons. The molecule has 1 aromatic carbocycles. The molecular weight excluding hydrogens is 314 g/mol. The van der Waals surface area contributed by atoms with Crippen LogP contribution in [0.15, 0.2) is 36.4 Å². The number of aliphatic hydroxyl groups excluding tert-OH is 1. The maximum absolute atomic E-state index is 10.4. The van der Waals surface area contributed by atoms with Gasteiger partial charge < -0.3 is 20.5 Å². The van der Waals surface area contributed by atoms with E-state index in [2.05, 4.69) is 27.8 Å². The molecule has 1 aliphatic carbocycles. The molecule has 0 unspecified atom stereocenters. The SMILES string of the molecule is COc1ccc(CCNC[C@H](O)c2ccc(NC3CC3)nc2C)cc1. The van der Waals surface area contributed by atoms with E-state index in [1.807, 2.05) is 31.2 Å². The molecule has 0 spiro atoms. The Kier molecular flexibility index (Phi) is 5.89. The third kappa shape index (κ3) is 5.18. The Morgan fingerprint density at radius 3 is 2.60 bits per heavy atom. The van der Waals surface area contributed by atoms with Gasteiger partial charge in [0, 0.05) is 23.8 Å². The van der Waals surface area contributed by atoms with Crippen LogP contribution in [0.3, 0.4) is 0 Å². The van der Waals surface area contributed by atoms with Gasteiger partial charge in [-0.2, -0.15) is 0 Å². The van der Waals surface area contributed by atoms with E-state index in [-0.39, 0.29) is 0 Å². The molecule has 1 aliphatic rings. The van der Waals surface area contributed by atoms with Crippen LogP contribution in [0.25, 0.3) is 0 Å². The molecule has 1 atom stereocenters. The number of pyridine rings is 1. The Morgan fingerprint density at radius 2 is 1.96 bits per heavy atom. The predicted octanol–water partition coefficient (Wildman–Crippen LogP) is 2.84. The molecule has 0 aliphatic heterocycles. The summed E-state index contributed by atoms with van der Waals surface area (Å²) in [7, 11) is 1.67. The van der Waals surface area contributed by atoms with Crippen molar-refractivity contribution in [2.75, 3.05) is 25.5 Å². The van der Waals surface area contributed by atoms with Crippen LogP contribution in [0.5, 0.6) is 5.75 Å². The Labute approximate surface area is 149 Å². The van der Waals surface area contributed by atoms with Crippen LogP contribution in [-0.2, 0) is 6.42 Å². The summed E-state index contributed by atoms with van der Waals surface area (Å²) in [6.45, 7) is 3.29. The first-order chi connectivity index (χ1) is 12.2. The zero-order chi connectivity index (χ0) is 17.6. The first kappa shape index (κ1) is 17.7. The summed E-state index contributed by atoms with van der Waals surface area (Å²) in [5, 5.41) is 17.1. The van der Waals surface area contributed by atoms with E-state index in [9.17, 15) is 5.11 Å². The molecule has 0 bridgehead atoms. The topological polar surface area (TPSA) is 66.4 Å². The molecule has 1 heterocycles. The Balaban J connectivity index is 1.44. The van der Waals surface area contributed by atoms with E-state index in [4.69, 9.17) is 4.74 Å². The lowest BCUT2D eigenvalue weighted by Gasteiger charge is -2.15. The molecule has 3 rings (SSSR count). The lowest BCUT2D eigenvalue weighted by Crippen LogP contribution is -2.24. The van der Waals surface area contributed by atoms with Crippen molar-refractivity contribution in [1.29, 1.82) is 0 Å². The van der Waals surface area contributed by atoms with Crippen LogP contribution in [0, 0.1) is 6.92 Å². The number of hydrogen-bond acceptors (Lipinski definition) is 5. The van der Waals surface area contributed by atoms with Gasteiger partial charge in [0.05, 0.1) is 13.2 Å². The number of aryl methyl sites for hydroxylation is 1. The monoisotopic (exact) mass is 341 g/mol. The number of anilines is 1. The summed E-state index contributed by atoms with van der Waals surface area (Å²) in [5.74, 6) is 1.78. The number of nitrogens with one attached hydrogen (secondary N) is 2. The summed E-state index contributed by atoms with van der Waals surface area (Å²) in [6, 6.07) is 12.6. The summed E-state index contributed by atoms with van der Waals surface area (Å²) in [5.41, 5.74) is 3.02. The highest BCUT2D eigenvalue weighted by Gasteiger charge is 2.21. The van der Waals surface area contributed by atoms with Crippen molar-refractivity contribution in [3.05, 3.63) is 53.2 Å². The fourth-order valence-electron chi connectivity index (χ4n) is 2.81. The van der Waals surface area contributed by atoms with Gasteiger partial charge in [0.15, 0.2) is 0 Å². The Morgan fingerprint density at radius 1 is 1.20 bits per heavy atom. The fourth-order valence-corrected chi connectivity index (χ4v) is 2.81. The molecule has 3 N–H and O–H groups in total. The number of aliphatic hydroxyl groups is 1. The van der Waals surface area contributed by atoms with Gasteiger partial charge in [-0.05, 0) is 56.5 Å². The first-order valence-electron chi connectivity index (χ1n) is 8.91. The lowest BCUT2D eigenvalue weighted by molar-refractivity contribution is 0.174. The van der Waals surface area contributed by atoms with E-state index in [1.54, 1.807) is 7.11 Å². The quantitative estimate of drug-likeness (QED) is 0.612. The van der Waals surface area contributed by atoms with E-state index in [0.717, 1.165) is 35.8 Å². The van der Waals surface area contributed by atoms with Crippen molar-refractivity contribution in [2.45, 2.75) is 38.3 Å². The minimum absolute atomic E-state index is 0.522. The third-order valence-electron chi connectivity index (χ3n) is 4.50. The zero-order valence-electron chi connectivity index (χ0n) is 15.0. The third-order valence-corrected chi connectivity index (χ3v) is 4.50. The number of benzene rings is 1. The normalized spacial score (nSPS) is 15.0. The average Bonchev–Trinajstić information content (AvgIpc) is 3.43. The minimum Gasteiger partial charge on any atom is -0.497 e. The molecule has 2 aromatic rings. The zero-order valence-corrected chi connectivity index (χ0v) is 15.0. The highest BCUT2D eigenvalue weighted by atomic mass is 16.5. The van der Waals surface area contributed by atoms with Crippen molar-refractivity contribution < 1.29 is 9.84 Å². The first-order valence-corrected chi connectivity index (χ1v) is 8.91. The summed E-state index contributed by atoms with van der Waals surface area (Å²) >= 11 is 0. The van der Waals surface area contributed by atoms with Crippen molar-refractivity contribution in [3.8, 4) is 5.75 Å². The molecule has 0 amide bonds. The summed E-state index contributed by atoms with van der Waals surface area (Å²) < 4.78 is 5.16. The number of aromatic nitrogens is 1. The van der Waals surface area contributed by atoms with Crippen LogP contribution in [0.2, 0.25) is 0 Å². The number of ether oxygens (including phenoxy) is 1. The largest absolute Gasteiger partial charge is 0.497 e. The van der Waals surface area contributed by atoms with E-state index < -0.39 is 6.10 Å². The highest BCUT2D eigenvalue weighted by Crippen LogP contribution is 2.25. The molecule has 5 nitrogen and oxygen atoms in total. The summed E-state index contributed by atoms with van der Waals surface area (Å²) in [4.78, 5) is 4.56. The average molecular weight is 341 g/mol.